The van der Waals surface area contributed by atoms with E-state index in [1.807, 2.05) is 45.9 Å². The van der Waals surface area contributed by atoms with Crippen LogP contribution in [0.2, 0.25) is 0 Å². The van der Waals surface area contributed by atoms with Crippen molar-refractivity contribution in [3.05, 3.63) is 47.5 Å². The first-order valence-electron chi connectivity index (χ1n) is 11.7. The number of nitrogens with one attached hydrogen (secondary N) is 2. The molecule has 0 aromatic heterocycles. The van der Waals surface area contributed by atoms with Gasteiger partial charge in [-0.15, -0.1) is 6.58 Å². The van der Waals surface area contributed by atoms with E-state index in [1.54, 1.807) is 20.8 Å². The fourth-order valence-corrected chi connectivity index (χ4v) is 3.64. The van der Waals surface area contributed by atoms with Crippen LogP contribution in [-0.4, -0.2) is 58.8 Å². The summed E-state index contributed by atoms with van der Waals surface area (Å²) in [7, 11) is 0. The maximum Gasteiger partial charge on any atom is 0.408 e. The molecule has 3 amide bonds. The average molecular weight is 476 g/mol. The van der Waals surface area contributed by atoms with Gasteiger partial charge in [0.15, 0.2) is 0 Å². The number of amides is 3. The van der Waals surface area contributed by atoms with Crippen molar-refractivity contribution >= 4 is 17.9 Å². The van der Waals surface area contributed by atoms with Crippen molar-refractivity contribution in [1.29, 1.82) is 0 Å². The molecular formula is C26H41N3O5. The summed E-state index contributed by atoms with van der Waals surface area (Å²) in [4.78, 5) is 40.7. The zero-order valence-electron chi connectivity index (χ0n) is 21.6. The van der Waals surface area contributed by atoms with Gasteiger partial charge >= 0.3 is 6.09 Å². The number of alkyl carbamates (subject to hydrolysis) is 1. The van der Waals surface area contributed by atoms with E-state index in [9.17, 15) is 19.5 Å². The minimum atomic E-state index is -1.29. The highest BCUT2D eigenvalue weighted by molar-refractivity contribution is 5.92. The molecule has 0 aliphatic carbocycles. The van der Waals surface area contributed by atoms with Gasteiger partial charge in [-0.3, -0.25) is 9.59 Å². The van der Waals surface area contributed by atoms with E-state index in [1.165, 1.54) is 11.0 Å². The molecular weight excluding hydrogens is 434 g/mol. The third-order valence-electron chi connectivity index (χ3n) is 5.39. The molecule has 34 heavy (non-hydrogen) atoms. The van der Waals surface area contributed by atoms with E-state index in [0.717, 1.165) is 24.0 Å². The maximum atomic E-state index is 13.6. The number of ether oxygens (including phenoxy) is 1. The quantitative estimate of drug-likeness (QED) is 0.424. The van der Waals surface area contributed by atoms with E-state index < -0.39 is 36.3 Å². The lowest BCUT2D eigenvalue weighted by molar-refractivity contribution is -0.142. The topological polar surface area (TPSA) is 108 Å². The Balaban J connectivity index is 3.43. The molecule has 1 aromatic carbocycles. The van der Waals surface area contributed by atoms with Crippen molar-refractivity contribution in [3.63, 3.8) is 0 Å². The van der Waals surface area contributed by atoms with Crippen molar-refractivity contribution in [2.45, 2.75) is 85.0 Å². The number of hydrogen-bond donors (Lipinski definition) is 3. The highest BCUT2D eigenvalue weighted by Crippen LogP contribution is 2.27. The van der Waals surface area contributed by atoms with Gasteiger partial charge in [-0.1, -0.05) is 37.6 Å². The second kappa shape index (κ2) is 13.1. The molecule has 3 atom stereocenters. The van der Waals surface area contributed by atoms with Crippen LogP contribution in [0.1, 0.15) is 70.2 Å². The lowest BCUT2D eigenvalue weighted by Gasteiger charge is -2.34. The average Bonchev–Trinajstić information content (AvgIpc) is 2.72. The van der Waals surface area contributed by atoms with Gasteiger partial charge in [-0.05, 0) is 64.7 Å². The van der Waals surface area contributed by atoms with E-state index in [-0.39, 0.29) is 18.5 Å². The van der Waals surface area contributed by atoms with E-state index in [0.29, 0.717) is 5.56 Å². The second-order valence-corrected chi connectivity index (χ2v) is 9.55. The van der Waals surface area contributed by atoms with Crippen LogP contribution in [-0.2, 0) is 14.3 Å². The lowest BCUT2D eigenvalue weighted by Crippen LogP contribution is -2.55. The number of benzene rings is 1. The molecule has 8 heteroatoms. The molecule has 0 heterocycles. The van der Waals surface area contributed by atoms with E-state index >= 15 is 0 Å². The Kier molecular flexibility index (Phi) is 11.3. The van der Waals surface area contributed by atoms with Crippen LogP contribution >= 0.6 is 0 Å². The first-order chi connectivity index (χ1) is 15.9. The van der Waals surface area contributed by atoms with Crippen LogP contribution in [0, 0.1) is 13.8 Å². The summed E-state index contributed by atoms with van der Waals surface area (Å²) in [6, 6.07) is 3.25. The zero-order valence-corrected chi connectivity index (χ0v) is 21.6. The molecule has 0 bridgehead atoms. The molecule has 0 saturated heterocycles. The van der Waals surface area contributed by atoms with Crippen molar-refractivity contribution in [1.82, 2.24) is 15.5 Å². The van der Waals surface area contributed by atoms with Crippen molar-refractivity contribution in [2.75, 3.05) is 13.2 Å². The molecule has 0 radical (unpaired) electrons. The number of aryl methyl sites for hydroxylation is 1. The molecule has 0 aliphatic heterocycles. The Morgan fingerprint density at radius 3 is 2.38 bits per heavy atom. The Morgan fingerprint density at radius 2 is 1.85 bits per heavy atom. The van der Waals surface area contributed by atoms with Crippen molar-refractivity contribution in [3.8, 4) is 0 Å². The number of carbonyl (C=O) groups is 3. The predicted molar refractivity (Wildman–Crippen MR) is 133 cm³/mol. The minimum absolute atomic E-state index is 0.0406. The molecule has 8 nitrogen and oxygen atoms in total. The van der Waals surface area contributed by atoms with Gasteiger partial charge in [0.05, 0.1) is 6.61 Å². The van der Waals surface area contributed by atoms with Gasteiger partial charge in [0.25, 0.3) is 0 Å². The minimum Gasteiger partial charge on any atom is -0.444 e. The van der Waals surface area contributed by atoms with Gasteiger partial charge in [0.1, 0.15) is 17.7 Å². The standard InChI is InChI=1S/C26H41N3O5/c1-9-12-18(4)27-23(31)22(20-14-11-13-17(3)19(20)5)29(15-10-2)24(32)21(16-30)28-25(33)34-26(6,7)8/h10-11,13-14,18,21-22,30H,2,9,12,15-16H2,1,3-8H3,(H,27,31)(H,28,33). The zero-order chi connectivity index (χ0) is 26.1. The summed E-state index contributed by atoms with van der Waals surface area (Å²) < 4.78 is 5.24. The Morgan fingerprint density at radius 1 is 1.21 bits per heavy atom. The molecule has 0 spiro atoms. The van der Waals surface area contributed by atoms with Crippen LogP contribution in [0.5, 0.6) is 0 Å². The highest BCUT2D eigenvalue weighted by Gasteiger charge is 2.36. The predicted octanol–water partition coefficient (Wildman–Crippen LogP) is 3.55. The van der Waals surface area contributed by atoms with Crippen LogP contribution in [0.25, 0.3) is 0 Å². The number of carbonyl (C=O) groups excluding carboxylic acids is 3. The SMILES string of the molecule is C=CCN(C(=O)C(CO)NC(=O)OC(C)(C)C)C(C(=O)NC(C)CCC)c1cccc(C)c1C. The molecule has 1 rings (SSSR count). The number of aliphatic hydroxyl groups excluding tert-OH is 1. The Labute approximate surface area is 203 Å². The van der Waals surface area contributed by atoms with E-state index in [4.69, 9.17) is 4.74 Å². The fraction of sp³-hybridized carbons (Fsp3) is 0.577. The Hall–Kier alpha value is -2.87. The van der Waals surface area contributed by atoms with Crippen LogP contribution in [0.15, 0.2) is 30.9 Å². The van der Waals surface area contributed by atoms with Gasteiger partial charge < -0.3 is 25.4 Å². The fourth-order valence-electron chi connectivity index (χ4n) is 3.64. The highest BCUT2D eigenvalue weighted by atomic mass is 16.6. The van der Waals surface area contributed by atoms with Crippen LogP contribution in [0.4, 0.5) is 4.79 Å². The maximum absolute atomic E-state index is 13.6. The summed E-state index contributed by atoms with van der Waals surface area (Å²) >= 11 is 0. The summed E-state index contributed by atoms with van der Waals surface area (Å²) in [6.07, 6.45) is 2.38. The normalized spacial score (nSPS) is 13.9. The number of hydrogen-bond acceptors (Lipinski definition) is 5. The molecule has 1 aromatic rings. The van der Waals surface area contributed by atoms with Gasteiger partial charge in [0.2, 0.25) is 11.8 Å². The largest absolute Gasteiger partial charge is 0.444 e. The molecule has 3 unspecified atom stereocenters. The van der Waals surface area contributed by atoms with Crippen LogP contribution in [0.3, 0.4) is 0 Å². The summed E-state index contributed by atoms with van der Waals surface area (Å²) in [5, 5.41) is 15.4. The molecule has 0 saturated carbocycles. The lowest BCUT2D eigenvalue weighted by atomic mass is 9.94. The van der Waals surface area contributed by atoms with E-state index in [2.05, 4.69) is 17.2 Å². The summed E-state index contributed by atoms with van der Waals surface area (Å²) in [6.45, 7) is 16.0. The molecule has 0 fully saturated rings. The second-order valence-electron chi connectivity index (χ2n) is 9.55. The van der Waals surface area contributed by atoms with Crippen LogP contribution < -0.4 is 10.6 Å². The first kappa shape index (κ1) is 29.2. The van der Waals surface area contributed by atoms with Gasteiger partial charge in [-0.25, -0.2) is 4.79 Å². The third kappa shape index (κ3) is 8.48. The smallest absolute Gasteiger partial charge is 0.408 e. The number of nitrogens with zero attached hydrogens (tertiary/aromatic N) is 1. The first-order valence-corrected chi connectivity index (χ1v) is 11.7. The van der Waals surface area contributed by atoms with Gasteiger partial charge in [0, 0.05) is 12.6 Å². The van der Waals surface area contributed by atoms with Crippen molar-refractivity contribution < 1.29 is 24.2 Å². The Bertz CT molecular complexity index is 862. The third-order valence-corrected chi connectivity index (χ3v) is 5.39. The molecule has 3 N–H and O–H groups in total. The summed E-state index contributed by atoms with van der Waals surface area (Å²) in [5.41, 5.74) is 1.76. The van der Waals surface area contributed by atoms with Crippen molar-refractivity contribution in [2.24, 2.45) is 0 Å². The monoisotopic (exact) mass is 475 g/mol. The molecule has 190 valence electrons. The summed E-state index contributed by atoms with van der Waals surface area (Å²) in [5.74, 6) is -0.948. The number of aliphatic hydroxyl groups is 1. The molecule has 0 aliphatic rings. The number of rotatable bonds is 11. The van der Waals surface area contributed by atoms with Gasteiger partial charge in [-0.2, -0.15) is 0 Å².